The Kier molecular flexibility index (Phi) is 3.47. The predicted octanol–water partition coefficient (Wildman–Crippen LogP) is 2.28. The van der Waals surface area contributed by atoms with Crippen molar-refractivity contribution in [1.82, 2.24) is 4.90 Å². The summed E-state index contributed by atoms with van der Waals surface area (Å²) in [4.78, 5) is 28.5. The van der Waals surface area contributed by atoms with E-state index in [0.29, 0.717) is 13.1 Å². The first-order chi connectivity index (χ1) is 9.99. The molecule has 1 saturated carbocycles. The Balaban J connectivity index is 1.80. The molecule has 3 rings (SSSR count). The van der Waals surface area contributed by atoms with Gasteiger partial charge in [0, 0.05) is 24.7 Å². The van der Waals surface area contributed by atoms with Crippen LogP contribution in [0.15, 0.2) is 18.2 Å². The van der Waals surface area contributed by atoms with Crippen molar-refractivity contribution in [2.45, 2.75) is 39.7 Å². The van der Waals surface area contributed by atoms with Crippen LogP contribution in [0.5, 0.6) is 0 Å². The van der Waals surface area contributed by atoms with Gasteiger partial charge in [-0.05, 0) is 45.2 Å². The Morgan fingerprint density at radius 1 is 1.19 bits per heavy atom. The fourth-order valence-corrected chi connectivity index (χ4v) is 3.08. The minimum atomic E-state index is -0.354. The second-order valence-corrected chi connectivity index (χ2v) is 6.26. The molecule has 112 valence electrons. The molecule has 0 radical (unpaired) electrons. The molecule has 0 N–H and O–H groups in total. The number of hydrogen-bond acceptors (Lipinski definition) is 2. The monoisotopic (exact) mass is 286 g/mol. The van der Waals surface area contributed by atoms with E-state index in [0.717, 1.165) is 24.1 Å². The standard InChI is InChI=1S/C17H22N2O2/c1-11-4-7-15(12(2)10-11)19-9-8-18(13(3)16(19)20)17(21)14-5-6-14/h4,7,10,13-14H,5-6,8-9H2,1-3H3. The number of piperazine rings is 1. The van der Waals surface area contributed by atoms with Crippen LogP contribution < -0.4 is 4.90 Å². The van der Waals surface area contributed by atoms with Crippen LogP contribution in [-0.4, -0.2) is 35.8 Å². The van der Waals surface area contributed by atoms with Crippen molar-refractivity contribution in [3.63, 3.8) is 0 Å². The van der Waals surface area contributed by atoms with Crippen LogP contribution in [0.25, 0.3) is 0 Å². The lowest BCUT2D eigenvalue weighted by Crippen LogP contribution is -2.58. The van der Waals surface area contributed by atoms with E-state index >= 15 is 0 Å². The zero-order valence-electron chi connectivity index (χ0n) is 12.9. The molecule has 2 aliphatic rings. The van der Waals surface area contributed by atoms with Gasteiger partial charge < -0.3 is 9.80 Å². The minimum absolute atomic E-state index is 0.0298. The van der Waals surface area contributed by atoms with Crippen molar-refractivity contribution in [2.75, 3.05) is 18.0 Å². The minimum Gasteiger partial charge on any atom is -0.329 e. The first-order valence-electron chi connectivity index (χ1n) is 7.68. The summed E-state index contributed by atoms with van der Waals surface area (Å²) in [7, 11) is 0. The summed E-state index contributed by atoms with van der Waals surface area (Å²) in [5.41, 5.74) is 3.27. The maximum Gasteiger partial charge on any atom is 0.249 e. The van der Waals surface area contributed by atoms with Gasteiger partial charge in [0.25, 0.3) is 0 Å². The lowest BCUT2D eigenvalue weighted by Gasteiger charge is -2.39. The summed E-state index contributed by atoms with van der Waals surface area (Å²) in [5.74, 6) is 0.367. The number of benzene rings is 1. The van der Waals surface area contributed by atoms with Crippen LogP contribution in [0.4, 0.5) is 5.69 Å². The topological polar surface area (TPSA) is 40.6 Å². The predicted molar refractivity (Wildman–Crippen MR) is 82.2 cm³/mol. The highest BCUT2D eigenvalue weighted by atomic mass is 16.2. The smallest absolute Gasteiger partial charge is 0.249 e. The Morgan fingerprint density at radius 3 is 2.52 bits per heavy atom. The summed E-state index contributed by atoms with van der Waals surface area (Å²) in [6.07, 6.45) is 1.97. The molecule has 1 atom stereocenters. The average molecular weight is 286 g/mol. The molecule has 1 aliphatic carbocycles. The van der Waals surface area contributed by atoms with Gasteiger partial charge in [0.2, 0.25) is 11.8 Å². The molecule has 1 aromatic carbocycles. The van der Waals surface area contributed by atoms with Crippen molar-refractivity contribution in [2.24, 2.45) is 5.92 Å². The van der Waals surface area contributed by atoms with E-state index in [2.05, 4.69) is 6.07 Å². The normalized spacial score (nSPS) is 22.6. The van der Waals surface area contributed by atoms with E-state index in [-0.39, 0.29) is 23.8 Å². The van der Waals surface area contributed by atoms with Crippen LogP contribution in [0.1, 0.15) is 30.9 Å². The zero-order valence-corrected chi connectivity index (χ0v) is 12.9. The largest absolute Gasteiger partial charge is 0.329 e. The second-order valence-electron chi connectivity index (χ2n) is 6.26. The number of hydrogen-bond donors (Lipinski definition) is 0. The summed E-state index contributed by atoms with van der Waals surface area (Å²) in [6.45, 7) is 7.15. The van der Waals surface area contributed by atoms with E-state index in [1.807, 2.05) is 37.8 Å². The van der Waals surface area contributed by atoms with Crippen LogP contribution in [0, 0.1) is 19.8 Å². The molecule has 4 heteroatoms. The molecule has 2 fully saturated rings. The van der Waals surface area contributed by atoms with Gasteiger partial charge in [0.15, 0.2) is 0 Å². The molecule has 0 spiro atoms. The number of carbonyl (C=O) groups excluding carboxylic acids is 2. The second kappa shape index (κ2) is 5.17. The van der Waals surface area contributed by atoms with Crippen molar-refractivity contribution >= 4 is 17.5 Å². The molecule has 1 heterocycles. The fraction of sp³-hybridized carbons (Fsp3) is 0.529. The van der Waals surface area contributed by atoms with E-state index in [1.54, 1.807) is 4.90 Å². The van der Waals surface area contributed by atoms with Crippen LogP contribution in [0.2, 0.25) is 0 Å². The molecular weight excluding hydrogens is 264 g/mol. The molecular formula is C17H22N2O2. The van der Waals surface area contributed by atoms with Crippen molar-refractivity contribution < 1.29 is 9.59 Å². The van der Waals surface area contributed by atoms with Gasteiger partial charge in [-0.2, -0.15) is 0 Å². The average Bonchev–Trinajstić information content (AvgIpc) is 3.26. The number of rotatable bonds is 2. The highest BCUT2D eigenvalue weighted by molar-refractivity contribution is 6.01. The summed E-state index contributed by atoms with van der Waals surface area (Å²) in [5, 5.41) is 0. The third-order valence-electron chi connectivity index (χ3n) is 4.51. The van der Waals surface area contributed by atoms with Crippen molar-refractivity contribution in [3.8, 4) is 0 Å². The SMILES string of the molecule is Cc1ccc(N2CCN(C(=O)C3CC3)C(C)C2=O)c(C)c1. The third kappa shape index (κ3) is 2.55. The molecule has 0 bridgehead atoms. The maximum absolute atomic E-state index is 12.7. The van der Waals surface area contributed by atoms with Crippen molar-refractivity contribution in [3.05, 3.63) is 29.3 Å². The number of nitrogens with zero attached hydrogens (tertiary/aromatic N) is 2. The fourth-order valence-electron chi connectivity index (χ4n) is 3.08. The summed E-state index contributed by atoms with van der Waals surface area (Å²) < 4.78 is 0. The summed E-state index contributed by atoms with van der Waals surface area (Å²) >= 11 is 0. The van der Waals surface area contributed by atoms with Gasteiger partial charge in [-0.3, -0.25) is 9.59 Å². The van der Waals surface area contributed by atoms with Gasteiger partial charge in [-0.25, -0.2) is 0 Å². The lowest BCUT2D eigenvalue weighted by molar-refractivity contribution is -0.141. The summed E-state index contributed by atoms with van der Waals surface area (Å²) in [6, 6.07) is 5.78. The van der Waals surface area contributed by atoms with Crippen LogP contribution in [0.3, 0.4) is 0 Å². The molecule has 1 aromatic rings. The highest BCUT2D eigenvalue weighted by Gasteiger charge is 2.40. The van der Waals surface area contributed by atoms with E-state index in [9.17, 15) is 9.59 Å². The Bertz CT molecular complexity index is 592. The molecule has 1 aliphatic heterocycles. The Morgan fingerprint density at radius 2 is 1.90 bits per heavy atom. The molecule has 1 saturated heterocycles. The van der Waals surface area contributed by atoms with Gasteiger partial charge in [0.05, 0.1) is 0 Å². The van der Waals surface area contributed by atoms with Gasteiger partial charge in [0.1, 0.15) is 6.04 Å². The first-order valence-corrected chi connectivity index (χ1v) is 7.68. The molecule has 2 amide bonds. The number of aryl methyl sites for hydroxylation is 2. The molecule has 21 heavy (non-hydrogen) atoms. The van der Waals surface area contributed by atoms with Gasteiger partial charge >= 0.3 is 0 Å². The Labute approximate surface area is 125 Å². The third-order valence-corrected chi connectivity index (χ3v) is 4.51. The van der Waals surface area contributed by atoms with Gasteiger partial charge in [-0.15, -0.1) is 0 Å². The highest BCUT2D eigenvalue weighted by Crippen LogP contribution is 2.33. The first kappa shape index (κ1) is 14.1. The molecule has 0 aromatic heterocycles. The zero-order chi connectivity index (χ0) is 15.1. The van der Waals surface area contributed by atoms with E-state index in [4.69, 9.17) is 0 Å². The molecule has 4 nitrogen and oxygen atoms in total. The van der Waals surface area contributed by atoms with E-state index < -0.39 is 0 Å². The van der Waals surface area contributed by atoms with E-state index in [1.165, 1.54) is 5.56 Å². The number of anilines is 1. The van der Waals surface area contributed by atoms with Crippen LogP contribution >= 0.6 is 0 Å². The maximum atomic E-state index is 12.7. The quantitative estimate of drug-likeness (QED) is 0.837. The van der Waals surface area contributed by atoms with Crippen molar-refractivity contribution in [1.29, 1.82) is 0 Å². The van der Waals surface area contributed by atoms with Crippen LogP contribution in [-0.2, 0) is 9.59 Å². The molecule has 1 unspecified atom stereocenters. The lowest BCUT2D eigenvalue weighted by atomic mass is 10.1. The number of amides is 2. The number of carbonyl (C=O) groups is 2. The van der Waals surface area contributed by atoms with Gasteiger partial charge in [-0.1, -0.05) is 17.7 Å². The Hall–Kier alpha value is -1.84.